The number of halogens is 1. The first-order valence-electron chi connectivity index (χ1n) is 6.91. The van der Waals surface area contributed by atoms with Crippen LogP contribution in [0.4, 0.5) is 0 Å². The predicted octanol–water partition coefficient (Wildman–Crippen LogP) is 4.63. The predicted molar refractivity (Wildman–Crippen MR) is 89.3 cm³/mol. The quantitative estimate of drug-likeness (QED) is 0.500. The van der Waals surface area contributed by atoms with Crippen molar-refractivity contribution in [3.05, 3.63) is 46.3 Å². The molecular weight excluding hydrogens is 304 g/mol. The Labute approximate surface area is 132 Å². The number of fused-ring (bicyclic) bond motifs is 1. The standard InChI is InChI=1S/C16H15ClN2OS/c17-14-12-8-4-5-9-13(12)21-15(14)16(20)19-18-10-11-6-2-1-3-7-11/h1-2,4-5,8-11H,3,6-7H2,(H,19,20)/b18-10+. The number of thiophene rings is 1. The smallest absolute Gasteiger partial charge is 0.266 e. The fraction of sp³-hybridized carbons (Fsp3) is 0.250. The summed E-state index contributed by atoms with van der Waals surface area (Å²) in [6, 6.07) is 7.73. The Kier molecular flexibility index (Phi) is 4.36. The summed E-state index contributed by atoms with van der Waals surface area (Å²) in [6.07, 6.45) is 9.31. The molecule has 1 aromatic heterocycles. The molecule has 1 aliphatic carbocycles. The van der Waals surface area contributed by atoms with Crippen LogP contribution in [0.1, 0.15) is 28.9 Å². The van der Waals surface area contributed by atoms with Crippen molar-refractivity contribution in [3.63, 3.8) is 0 Å². The first kappa shape index (κ1) is 14.3. The molecule has 1 amide bonds. The maximum atomic E-state index is 12.2. The highest BCUT2D eigenvalue weighted by Gasteiger charge is 2.16. The van der Waals surface area contributed by atoms with E-state index in [4.69, 9.17) is 11.6 Å². The lowest BCUT2D eigenvalue weighted by Crippen LogP contribution is -2.18. The Morgan fingerprint density at radius 2 is 2.24 bits per heavy atom. The molecule has 2 aromatic rings. The second-order valence-corrected chi connectivity index (χ2v) is 6.44. The number of nitrogens with one attached hydrogen (secondary N) is 1. The minimum absolute atomic E-state index is 0.246. The molecule has 0 bridgehead atoms. The molecule has 0 saturated carbocycles. The van der Waals surface area contributed by atoms with Gasteiger partial charge in [-0.05, 0) is 31.2 Å². The molecule has 1 unspecified atom stereocenters. The van der Waals surface area contributed by atoms with Gasteiger partial charge in [0.15, 0.2) is 0 Å². The number of amides is 1. The van der Waals surface area contributed by atoms with Crippen LogP contribution in [-0.2, 0) is 0 Å². The molecule has 3 rings (SSSR count). The Morgan fingerprint density at radius 3 is 3.00 bits per heavy atom. The molecule has 0 saturated heterocycles. The molecule has 1 heterocycles. The molecule has 1 aromatic carbocycles. The van der Waals surface area contributed by atoms with E-state index >= 15 is 0 Å². The zero-order valence-electron chi connectivity index (χ0n) is 11.4. The van der Waals surface area contributed by atoms with Crippen LogP contribution in [0.15, 0.2) is 41.5 Å². The normalized spacial score (nSPS) is 18.4. The highest BCUT2D eigenvalue weighted by molar-refractivity contribution is 7.21. The van der Waals surface area contributed by atoms with Gasteiger partial charge in [-0.2, -0.15) is 5.10 Å². The van der Waals surface area contributed by atoms with Crippen LogP contribution >= 0.6 is 22.9 Å². The monoisotopic (exact) mass is 318 g/mol. The van der Waals surface area contributed by atoms with Crippen LogP contribution in [0.2, 0.25) is 5.02 Å². The third-order valence-electron chi connectivity index (χ3n) is 3.50. The summed E-state index contributed by atoms with van der Waals surface area (Å²) in [7, 11) is 0. The van der Waals surface area contributed by atoms with Crippen LogP contribution in [0, 0.1) is 5.92 Å². The summed E-state index contributed by atoms with van der Waals surface area (Å²) in [5.41, 5.74) is 2.58. The number of allylic oxidation sites excluding steroid dienone is 2. The van der Waals surface area contributed by atoms with Crippen LogP contribution in [-0.4, -0.2) is 12.1 Å². The summed E-state index contributed by atoms with van der Waals surface area (Å²) in [4.78, 5) is 12.7. The van der Waals surface area contributed by atoms with Gasteiger partial charge in [-0.15, -0.1) is 11.3 Å². The highest BCUT2D eigenvalue weighted by atomic mass is 35.5. The molecule has 5 heteroatoms. The van der Waals surface area contributed by atoms with Gasteiger partial charge in [0, 0.05) is 16.3 Å². The minimum Gasteiger partial charge on any atom is -0.266 e. The number of carbonyl (C=O) groups excluding carboxylic acids is 1. The van der Waals surface area contributed by atoms with Crippen molar-refractivity contribution in [1.82, 2.24) is 5.43 Å². The van der Waals surface area contributed by atoms with Gasteiger partial charge >= 0.3 is 0 Å². The topological polar surface area (TPSA) is 41.5 Å². The van der Waals surface area contributed by atoms with Gasteiger partial charge in [-0.1, -0.05) is 42.0 Å². The maximum absolute atomic E-state index is 12.2. The lowest BCUT2D eigenvalue weighted by atomic mass is 9.96. The van der Waals surface area contributed by atoms with E-state index in [1.54, 1.807) is 0 Å². The fourth-order valence-electron chi connectivity index (χ4n) is 2.36. The Hall–Kier alpha value is -1.65. The molecule has 0 radical (unpaired) electrons. The summed E-state index contributed by atoms with van der Waals surface area (Å²) < 4.78 is 1.01. The van der Waals surface area contributed by atoms with E-state index in [9.17, 15) is 4.79 Å². The fourth-order valence-corrected chi connectivity index (χ4v) is 3.77. The summed E-state index contributed by atoms with van der Waals surface area (Å²) >= 11 is 7.66. The third-order valence-corrected chi connectivity index (χ3v) is 5.18. The number of hydrogen-bond donors (Lipinski definition) is 1. The third kappa shape index (κ3) is 3.17. The van der Waals surface area contributed by atoms with E-state index in [2.05, 4.69) is 22.7 Å². The first-order valence-corrected chi connectivity index (χ1v) is 8.10. The highest BCUT2D eigenvalue weighted by Crippen LogP contribution is 2.34. The Bertz CT molecular complexity index is 720. The zero-order chi connectivity index (χ0) is 14.7. The van der Waals surface area contributed by atoms with E-state index in [0.717, 1.165) is 29.3 Å². The number of hydrogen-bond acceptors (Lipinski definition) is 3. The molecule has 1 aliphatic rings. The van der Waals surface area contributed by atoms with Crippen molar-refractivity contribution < 1.29 is 4.79 Å². The number of carbonyl (C=O) groups is 1. The average Bonchev–Trinajstić information content (AvgIpc) is 2.86. The maximum Gasteiger partial charge on any atom is 0.282 e. The minimum atomic E-state index is -0.246. The summed E-state index contributed by atoms with van der Waals surface area (Å²) in [5.74, 6) is 0.164. The van der Waals surface area contributed by atoms with Gasteiger partial charge < -0.3 is 0 Å². The lowest BCUT2D eigenvalue weighted by Gasteiger charge is -2.11. The van der Waals surface area contributed by atoms with Gasteiger partial charge in [0.2, 0.25) is 0 Å². The van der Waals surface area contributed by atoms with Crippen LogP contribution in [0.5, 0.6) is 0 Å². The van der Waals surface area contributed by atoms with Gasteiger partial charge in [0.05, 0.1) is 5.02 Å². The molecular formula is C16H15ClN2OS. The van der Waals surface area contributed by atoms with Gasteiger partial charge in [0.25, 0.3) is 5.91 Å². The first-order chi connectivity index (χ1) is 10.3. The number of nitrogens with zero attached hydrogens (tertiary/aromatic N) is 1. The largest absolute Gasteiger partial charge is 0.282 e. The van der Waals surface area contributed by atoms with Crippen molar-refractivity contribution in [2.24, 2.45) is 11.0 Å². The summed E-state index contributed by atoms with van der Waals surface area (Å²) in [5, 5.41) is 5.49. The van der Waals surface area contributed by atoms with Gasteiger partial charge in [0.1, 0.15) is 4.88 Å². The number of hydrazone groups is 1. The van der Waals surface area contributed by atoms with E-state index < -0.39 is 0 Å². The van der Waals surface area contributed by atoms with Crippen LogP contribution in [0.3, 0.4) is 0 Å². The lowest BCUT2D eigenvalue weighted by molar-refractivity contribution is 0.0959. The zero-order valence-corrected chi connectivity index (χ0v) is 13.0. The molecule has 0 fully saturated rings. The van der Waals surface area contributed by atoms with Crippen molar-refractivity contribution in [2.75, 3.05) is 0 Å². The molecule has 0 aliphatic heterocycles. The van der Waals surface area contributed by atoms with Crippen molar-refractivity contribution in [3.8, 4) is 0 Å². The van der Waals surface area contributed by atoms with Crippen LogP contribution in [0.25, 0.3) is 10.1 Å². The SMILES string of the molecule is O=C(N/N=C/C1CC=CCC1)c1sc2ccccc2c1Cl. The molecule has 21 heavy (non-hydrogen) atoms. The van der Waals surface area contributed by atoms with E-state index in [1.165, 1.54) is 11.3 Å². The molecule has 1 N–H and O–H groups in total. The van der Waals surface area contributed by atoms with Crippen molar-refractivity contribution >= 4 is 45.1 Å². The molecule has 1 atom stereocenters. The Balaban J connectivity index is 1.70. The Morgan fingerprint density at radius 1 is 1.38 bits per heavy atom. The molecule has 108 valence electrons. The second kappa shape index (κ2) is 6.41. The van der Waals surface area contributed by atoms with Gasteiger partial charge in [-0.25, -0.2) is 5.43 Å². The summed E-state index contributed by atoms with van der Waals surface area (Å²) in [6.45, 7) is 0. The van der Waals surface area contributed by atoms with Crippen molar-refractivity contribution in [2.45, 2.75) is 19.3 Å². The molecule has 3 nitrogen and oxygen atoms in total. The van der Waals surface area contributed by atoms with Gasteiger partial charge in [-0.3, -0.25) is 4.79 Å². The number of benzene rings is 1. The van der Waals surface area contributed by atoms with E-state index in [1.807, 2.05) is 30.5 Å². The van der Waals surface area contributed by atoms with E-state index in [0.29, 0.717) is 15.8 Å². The second-order valence-electron chi connectivity index (χ2n) is 5.00. The average molecular weight is 319 g/mol. The van der Waals surface area contributed by atoms with Crippen molar-refractivity contribution in [1.29, 1.82) is 0 Å². The number of rotatable bonds is 3. The molecule has 0 spiro atoms. The van der Waals surface area contributed by atoms with E-state index in [-0.39, 0.29) is 5.91 Å². The van der Waals surface area contributed by atoms with Crippen LogP contribution < -0.4 is 5.43 Å².